The standard InChI is InChI=1S/C17H24N4O/c1-13-16(11-19-17(22)9-10-18-3)14(2)21(20-13)12-15-7-5-4-6-8-15/h4-8,18H,9-12H2,1-3H3,(H,19,22). The van der Waals surface area contributed by atoms with Gasteiger partial charge in [-0.05, 0) is 26.5 Å². The van der Waals surface area contributed by atoms with Gasteiger partial charge in [-0.25, -0.2) is 0 Å². The van der Waals surface area contributed by atoms with Crippen LogP contribution in [0, 0.1) is 13.8 Å². The van der Waals surface area contributed by atoms with Crippen molar-refractivity contribution in [1.29, 1.82) is 0 Å². The second-order valence-corrected chi connectivity index (χ2v) is 5.42. The molecule has 5 nitrogen and oxygen atoms in total. The van der Waals surface area contributed by atoms with Crippen LogP contribution >= 0.6 is 0 Å². The Bertz CT molecular complexity index is 619. The van der Waals surface area contributed by atoms with E-state index in [4.69, 9.17) is 0 Å². The van der Waals surface area contributed by atoms with Gasteiger partial charge in [0.15, 0.2) is 0 Å². The maximum absolute atomic E-state index is 11.7. The molecule has 0 saturated heterocycles. The molecule has 0 saturated carbocycles. The molecule has 0 fully saturated rings. The minimum absolute atomic E-state index is 0.0592. The molecule has 0 bridgehead atoms. The van der Waals surface area contributed by atoms with E-state index in [2.05, 4.69) is 34.8 Å². The molecule has 1 amide bonds. The van der Waals surface area contributed by atoms with E-state index in [9.17, 15) is 4.79 Å². The quantitative estimate of drug-likeness (QED) is 0.819. The number of carbonyl (C=O) groups excluding carboxylic acids is 1. The Hall–Kier alpha value is -2.14. The average Bonchev–Trinajstić information content (AvgIpc) is 2.78. The number of carbonyl (C=O) groups is 1. The first-order valence-corrected chi connectivity index (χ1v) is 7.60. The van der Waals surface area contributed by atoms with Crippen LogP contribution in [0.2, 0.25) is 0 Å². The van der Waals surface area contributed by atoms with Gasteiger partial charge < -0.3 is 10.6 Å². The van der Waals surface area contributed by atoms with Crippen LogP contribution < -0.4 is 10.6 Å². The number of aromatic nitrogens is 2. The van der Waals surface area contributed by atoms with Crippen LogP contribution in [0.25, 0.3) is 0 Å². The molecule has 0 unspecified atom stereocenters. The van der Waals surface area contributed by atoms with Crippen LogP contribution in [0.5, 0.6) is 0 Å². The molecule has 1 aromatic carbocycles. The topological polar surface area (TPSA) is 59.0 Å². The van der Waals surface area contributed by atoms with E-state index >= 15 is 0 Å². The van der Waals surface area contributed by atoms with Gasteiger partial charge in [0, 0.05) is 30.8 Å². The lowest BCUT2D eigenvalue weighted by Gasteiger charge is -2.07. The Balaban J connectivity index is 2.02. The first-order valence-electron chi connectivity index (χ1n) is 7.60. The Labute approximate surface area is 131 Å². The van der Waals surface area contributed by atoms with Gasteiger partial charge >= 0.3 is 0 Å². The van der Waals surface area contributed by atoms with Crippen molar-refractivity contribution < 1.29 is 4.79 Å². The van der Waals surface area contributed by atoms with Gasteiger partial charge in [-0.15, -0.1) is 0 Å². The van der Waals surface area contributed by atoms with Crippen molar-refractivity contribution in [2.24, 2.45) is 0 Å². The molecular weight excluding hydrogens is 276 g/mol. The average molecular weight is 300 g/mol. The van der Waals surface area contributed by atoms with Crippen molar-refractivity contribution in [2.45, 2.75) is 33.4 Å². The minimum Gasteiger partial charge on any atom is -0.352 e. The maximum Gasteiger partial charge on any atom is 0.221 e. The van der Waals surface area contributed by atoms with E-state index in [1.165, 1.54) is 5.56 Å². The molecule has 0 atom stereocenters. The summed E-state index contributed by atoms with van der Waals surface area (Å²) in [5.41, 5.74) is 4.41. The van der Waals surface area contributed by atoms with Crippen LogP contribution in [-0.4, -0.2) is 29.3 Å². The van der Waals surface area contributed by atoms with Gasteiger partial charge in [-0.3, -0.25) is 9.48 Å². The van der Waals surface area contributed by atoms with E-state index in [0.29, 0.717) is 19.5 Å². The second-order valence-electron chi connectivity index (χ2n) is 5.42. The lowest BCUT2D eigenvalue weighted by molar-refractivity contribution is -0.121. The van der Waals surface area contributed by atoms with Crippen molar-refractivity contribution in [2.75, 3.05) is 13.6 Å². The predicted octanol–water partition coefficient (Wildman–Crippen LogP) is 1.77. The molecule has 0 aliphatic carbocycles. The molecule has 118 valence electrons. The molecule has 2 rings (SSSR count). The highest BCUT2D eigenvalue weighted by molar-refractivity contribution is 5.76. The fourth-order valence-corrected chi connectivity index (χ4v) is 2.41. The number of hydrogen-bond donors (Lipinski definition) is 2. The highest BCUT2D eigenvalue weighted by atomic mass is 16.1. The number of nitrogens with one attached hydrogen (secondary N) is 2. The normalized spacial score (nSPS) is 10.7. The zero-order chi connectivity index (χ0) is 15.9. The highest BCUT2D eigenvalue weighted by Gasteiger charge is 2.12. The molecule has 2 aromatic rings. The van der Waals surface area contributed by atoms with E-state index in [1.54, 1.807) is 0 Å². The summed E-state index contributed by atoms with van der Waals surface area (Å²) in [4.78, 5) is 11.7. The molecule has 0 spiro atoms. The Kier molecular flexibility index (Phi) is 5.72. The van der Waals surface area contributed by atoms with E-state index in [0.717, 1.165) is 23.5 Å². The number of hydrogen-bond acceptors (Lipinski definition) is 3. The SMILES string of the molecule is CNCCC(=O)NCc1c(C)nn(Cc2ccccc2)c1C. The van der Waals surface area contributed by atoms with Gasteiger partial charge in [0.2, 0.25) is 5.91 Å². The summed E-state index contributed by atoms with van der Waals surface area (Å²) < 4.78 is 2.00. The molecule has 1 aromatic heterocycles. The monoisotopic (exact) mass is 300 g/mol. The lowest BCUT2D eigenvalue weighted by Crippen LogP contribution is -2.26. The fraction of sp³-hybridized carbons (Fsp3) is 0.412. The Morgan fingerprint density at radius 1 is 1.23 bits per heavy atom. The Morgan fingerprint density at radius 2 is 1.95 bits per heavy atom. The van der Waals surface area contributed by atoms with Crippen molar-refractivity contribution in [3.8, 4) is 0 Å². The molecule has 0 aliphatic heterocycles. The predicted molar refractivity (Wildman–Crippen MR) is 87.6 cm³/mol. The highest BCUT2D eigenvalue weighted by Crippen LogP contribution is 2.14. The third-order valence-electron chi connectivity index (χ3n) is 3.77. The van der Waals surface area contributed by atoms with Gasteiger partial charge in [-0.2, -0.15) is 5.10 Å². The molecular formula is C17H24N4O. The number of amides is 1. The van der Waals surface area contributed by atoms with Crippen LogP contribution in [0.15, 0.2) is 30.3 Å². The summed E-state index contributed by atoms with van der Waals surface area (Å²) in [7, 11) is 1.84. The van der Waals surface area contributed by atoms with E-state index in [1.807, 2.05) is 36.9 Å². The molecule has 5 heteroatoms. The lowest BCUT2D eigenvalue weighted by atomic mass is 10.2. The van der Waals surface area contributed by atoms with Gasteiger partial charge in [0.05, 0.1) is 12.2 Å². The summed E-state index contributed by atoms with van der Waals surface area (Å²) in [5, 5.41) is 10.5. The number of rotatable bonds is 7. The first kappa shape index (κ1) is 16.2. The van der Waals surface area contributed by atoms with Crippen molar-refractivity contribution >= 4 is 5.91 Å². The van der Waals surface area contributed by atoms with Crippen LogP contribution in [0.4, 0.5) is 0 Å². The number of nitrogens with zero attached hydrogens (tertiary/aromatic N) is 2. The third kappa shape index (κ3) is 4.18. The maximum atomic E-state index is 11.7. The van der Waals surface area contributed by atoms with Crippen LogP contribution in [0.1, 0.15) is 28.9 Å². The van der Waals surface area contributed by atoms with E-state index in [-0.39, 0.29) is 5.91 Å². The second kappa shape index (κ2) is 7.75. The Morgan fingerprint density at radius 3 is 2.64 bits per heavy atom. The van der Waals surface area contributed by atoms with Gasteiger partial charge in [0.25, 0.3) is 0 Å². The summed E-state index contributed by atoms with van der Waals surface area (Å²) in [5.74, 6) is 0.0592. The summed E-state index contributed by atoms with van der Waals surface area (Å²) in [6, 6.07) is 10.3. The minimum atomic E-state index is 0.0592. The summed E-state index contributed by atoms with van der Waals surface area (Å²) in [6.45, 7) is 6.02. The first-order chi connectivity index (χ1) is 10.6. The number of benzene rings is 1. The molecule has 0 aliphatic rings. The van der Waals surface area contributed by atoms with Crippen LogP contribution in [-0.2, 0) is 17.9 Å². The molecule has 22 heavy (non-hydrogen) atoms. The smallest absolute Gasteiger partial charge is 0.221 e. The largest absolute Gasteiger partial charge is 0.352 e. The van der Waals surface area contributed by atoms with Gasteiger partial charge in [0.1, 0.15) is 0 Å². The fourth-order valence-electron chi connectivity index (χ4n) is 2.41. The number of aryl methyl sites for hydroxylation is 1. The zero-order valence-corrected chi connectivity index (χ0v) is 13.5. The molecule has 1 heterocycles. The summed E-state index contributed by atoms with van der Waals surface area (Å²) in [6.07, 6.45) is 0.493. The zero-order valence-electron chi connectivity index (χ0n) is 13.5. The van der Waals surface area contributed by atoms with Gasteiger partial charge in [-0.1, -0.05) is 30.3 Å². The van der Waals surface area contributed by atoms with E-state index < -0.39 is 0 Å². The van der Waals surface area contributed by atoms with Crippen LogP contribution in [0.3, 0.4) is 0 Å². The van der Waals surface area contributed by atoms with Crippen molar-refractivity contribution in [3.05, 3.63) is 52.8 Å². The molecule has 0 radical (unpaired) electrons. The van der Waals surface area contributed by atoms with Crippen molar-refractivity contribution in [3.63, 3.8) is 0 Å². The van der Waals surface area contributed by atoms with Crippen molar-refractivity contribution in [1.82, 2.24) is 20.4 Å². The molecule has 2 N–H and O–H groups in total. The third-order valence-corrected chi connectivity index (χ3v) is 3.77. The summed E-state index contributed by atoms with van der Waals surface area (Å²) >= 11 is 0.